The first kappa shape index (κ1) is 13.1. The molecule has 1 aromatic rings. The van der Waals surface area contributed by atoms with Crippen molar-refractivity contribution in [1.29, 1.82) is 0 Å². The van der Waals surface area contributed by atoms with Gasteiger partial charge in [0.2, 0.25) is 0 Å². The van der Waals surface area contributed by atoms with Crippen molar-refractivity contribution in [2.24, 2.45) is 5.41 Å². The molecule has 0 aliphatic heterocycles. The Morgan fingerprint density at radius 1 is 1.50 bits per heavy atom. The fraction of sp³-hybridized carbons (Fsp3) is 0.714. The Balaban J connectivity index is 2.07. The predicted octanol–water partition coefficient (Wildman–Crippen LogP) is 2.74. The molecule has 0 aromatic carbocycles. The number of nitrogens with zero attached hydrogens (tertiary/aromatic N) is 2. The van der Waals surface area contributed by atoms with Gasteiger partial charge >= 0.3 is 5.97 Å². The molecule has 1 saturated carbocycles. The zero-order chi connectivity index (χ0) is 13.2. The lowest BCUT2D eigenvalue weighted by Gasteiger charge is -2.22. The molecule has 0 saturated heterocycles. The second kappa shape index (κ2) is 4.75. The van der Waals surface area contributed by atoms with Crippen molar-refractivity contribution in [3.8, 4) is 0 Å². The van der Waals surface area contributed by atoms with Gasteiger partial charge in [-0.1, -0.05) is 20.3 Å². The summed E-state index contributed by atoms with van der Waals surface area (Å²) in [4.78, 5) is 16.3. The normalized spacial score (nSPS) is 30.2. The summed E-state index contributed by atoms with van der Waals surface area (Å²) in [6.45, 7) is 6.75. The maximum atomic E-state index is 12.2. The van der Waals surface area contributed by atoms with Crippen LogP contribution in [0.5, 0.6) is 0 Å². The van der Waals surface area contributed by atoms with Gasteiger partial charge in [0.25, 0.3) is 0 Å². The molecule has 1 fully saturated rings. The monoisotopic (exact) mass is 250 g/mol. The minimum absolute atomic E-state index is 0.0634. The zero-order valence-electron chi connectivity index (χ0n) is 11.5. The Labute approximate surface area is 108 Å². The van der Waals surface area contributed by atoms with Crippen molar-refractivity contribution < 1.29 is 9.53 Å². The van der Waals surface area contributed by atoms with Crippen LogP contribution < -0.4 is 0 Å². The van der Waals surface area contributed by atoms with E-state index in [9.17, 15) is 4.79 Å². The van der Waals surface area contributed by atoms with Crippen LogP contribution in [-0.4, -0.2) is 22.1 Å². The van der Waals surface area contributed by atoms with E-state index in [2.05, 4.69) is 23.4 Å². The molecule has 2 unspecified atom stereocenters. The van der Waals surface area contributed by atoms with Crippen LogP contribution in [0.4, 0.5) is 0 Å². The topological polar surface area (TPSA) is 44.1 Å². The first-order chi connectivity index (χ1) is 8.60. The van der Waals surface area contributed by atoms with E-state index in [-0.39, 0.29) is 11.5 Å². The van der Waals surface area contributed by atoms with Gasteiger partial charge in [0, 0.05) is 12.4 Å². The largest absolute Gasteiger partial charge is 0.465 e. The van der Waals surface area contributed by atoms with Gasteiger partial charge in [-0.2, -0.15) is 0 Å². The van der Waals surface area contributed by atoms with Crippen molar-refractivity contribution >= 4 is 5.97 Å². The molecule has 2 rings (SSSR count). The minimum Gasteiger partial charge on any atom is -0.465 e. The van der Waals surface area contributed by atoms with E-state index < -0.39 is 5.41 Å². The van der Waals surface area contributed by atoms with Gasteiger partial charge in [0.1, 0.15) is 0 Å². The van der Waals surface area contributed by atoms with E-state index in [0.717, 1.165) is 25.7 Å². The fourth-order valence-corrected chi connectivity index (χ4v) is 2.86. The lowest BCUT2D eigenvalue weighted by molar-refractivity contribution is -0.151. The molecule has 0 amide bonds. The van der Waals surface area contributed by atoms with E-state index in [4.69, 9.17) is 4.74 Å². The number of hydrogen-bond acceptors (Lipinski definition) is 3. The molecule has 4 heteroatoms. The average molecular weight is 250 g/mol. The van der Waals surface area contributed by atoms with Gasteiger partial charge in [-0.25, -0.2) is 4.98 Å². The summed E-state index contributed by atoms with van der Waals surface area (Å²) in [7, 11) is 0. The number of aromatic nitrogens is 2. The van der Waals surface area contributed by atoms with Crippen LogP contribution in [-0.2, 0) is 15.1 Å². The summed E-state index contributed by atoms with van der Waals surface area (Å²) >= 11 is 0. The molecule has 0 spiro atoms. The van der Waals surface area contributed by atoms with E-state index in [1.165, 1.54) is 0 Å². The van der Waals surface area contributed by atoms with E-state index in [0.29, 0.717) is 6.61 Å². The second-order valence-corrected chi connectivity index (χ2v) is 5.35. The molecule has 18 heavy (non-hydrogen) atoms. The molecule has 1 aliphatic rings. The summed E-state index contributed by atoms with van der Waals surface area (Å²) in [5.41, 5.74) is -0.525. The summed E-state index contributed by atoms with van der Waals surface area (Å²) in [6, 6.07) is 0. The number of rotatable bonds is 6. The predicted molar refractivity (Wildman–Crippen MR) is 69.1 cm³/mol. The quantitative estimate of drug-likeness (QED) is 0.576. The number of imidazole rings is 1. The van der Waals surface area contributed by atoms with Crippen LogP contribution in [0.15, 0.2) is 18.7 Å². The minimum atomic E-state index is -0.393. The number of carbonyl (C=O) groups excluding carboxylic acids is 1. The van der Waals surface area contributed by atoms with Gasteiger partial charge < -0.3 is 9.30 Å². The Bertz CT molecular complexity index is 415. The number of hydrogen-bond donors (Lipinski definition) is 0. The molecule has 1 aromatic heterocycles. The smallest absolute Gasteiger partial charge is 0.314 e. The Morgan fingerprint density at radius 3 is 2.83 bits per heavy atom. The van der Waals surface area contributed by atoms with Crippen LogP contribution in [0, 0.1) is 5.41 Å². The number of unbranched alkanes of at least 4 members (excludes halogenated alkanes) is 1. The molecular formula is C14H22N2O2. The molecule has 2 atom stereocenters. The SMILES string of the molecule is CCCCOC(=O)C1(C)CC1(CC)n1ccnc1. The van der Waals surface area contributed by atoms with E-state index in [1.807, 2.05) is 13.1 Å². The van der Waals surface area contributed by atoms with Crippen LogP contribution >= 0.6 is 0 Å². The third-order valence-electron chi connectivity index (χ3n) is 4.31. The number of esters is 1. The highest BCUT2D eigenvalue weighted by atomic mass is 16.5. The molecule has 0 N–H and O–H groups in total. The number of carbonyl (C=O) groups is 1. The van der Waals surface area contributed by atoms with Gasteiger partial charge in [-0.05, 0) is 26.2 Å². The molecule has 4 nitrogen and oxygen atoms in total. The molecule has 0 bridgehead atoms. The summed E-state index contributed by atoms with van der Waals surface area (Å²) in [5, 5.41) is 0. The standard InChI is InChI=1S/C14H22N2O2/c1-4-6-9-18-12(17)13(3)10-14(13,5-2)16-8-7-15-11-16/h7-8,11H,4-6,9-10H2,1-3H3. The lowest BCUT2D eigenvalue weighted by Crippen LogP contribution is -2.29. The van der Waals surface area contributed by atoms with Gasteiger partial charge in [0.05, 0.1) is 23.9 Å². The average Bonchev–Trinajstić information content (AvgIpc) is 2.78. The highest BCUT2D eigenvalue weighted by Crippen LogP contribution is 2.64. The highest BCUT2D eigenvalue weighted by molar-refractivity contribution is 5.82. The Morgan fingerprint density at radius 2 is 2.28 bits per heavy atom. The molecule has 0 radical (unpaired) electrons. The van der Waals surface area contributed by atoms with E-state index >= 15 is 0 Å². The zero-order valence-corrected chi connectivity index (χ0v) is 11.5. The van der Waals surface area contributed by atoms with Crippen molar-refractivity contribution in [3.63, 3.8) is 0 Å². The van der Waals surface area contributed by atoms with Crippen LogP contribution in [0.3, 0.4) is 0 Å². The van der Waals surface area contributed by atoms with Crippen LogP contribution in [0.25, 0.3) is 0 Å². The van der Waals surface area contributed by atoms with Gasteiger partial charge in [-0.3, -0.25) is 4.79 Å². The maximum Gasteiger partial charge on any atom is 0.314 e. The third-order valence-corrected chi connectivity index (χ3v) is 4.31. The molecule has 1 aliphatic carbocycles. The molecule has 100 valence electrons. The van der Waals surface area contributed by atoms with E-state index in [1.54, 1.807) is 12.5 Å². The first-order valence-electron chi connectivity index (χ1n) is 6.76. The molecular weight excluding hydrogens is 228 g/mol. The summed E-state index contributed by atoms with van der Waals surface area (Å²) in [5.74, 6) is -0.0634. The van der Waals surface area contributed by atoms with Crippen molar-refractivity contribution in [2.75, 3.05) is 6.61 Å². The first-order valence-corrected chi connectivity index (χ1v) is 6.76. The third kappa shape index (κ3) is 1.84. The van der Waals surface area contributed by atoms with Crippen LogP contribution in [0.1, 0.15) is 46.5 Å². The number of ether oxygens (including phenoxy) is 1. The highest BCUT2D eigenvalue weighted by Gasteiger charge is 2.70. The Kier molecular flexibility index (Phi) is 3.46. The van der Waals surface area contributed by atoms with Crippen molar-refractivity contribution in [2.45, 2.75) is 52.0 Å². The van der Waals surface area contributed by atoms with Gasteiger partial charge in [-0.15, -0.1) is 0 Å². The van der Waals surface area contributed by atoms with Crippen molar-refractivity contribution in [1.82, 2.24) is 9.55 Å². The summed E-state index contributed by atoms with van der Waals surface area (Å²) in [6.07, 6.45) is 9.25. The summed E-state index contributed by atoms with van der Waals surface area (Å²) < 4.78 is 7.46. The lowest BCUT2D eigenvalue weighted by atomic mass is 9.99. The van der Waals surface area contributed by atoms with Crippen LogP contribution in [0.2, 0.25) is 0 Å². The molecule has 1 heterocycles. The maximum absolute atomic E-state index is 12.2. The van der Waals surface area contributed by atoms with Gasteiger partial charge in [0.15, 0.2) is 0 Å². The Hall–Kier alpha value is -1.32. The fourth-order valence-electron chi connectivity index (χ4n) is 2.86. The second-order valence-electron chi connectivity index (χ2n) is 5.35. The van der Waals surface area contributed by atoms with Crippen molar-refractivity contribution in [3.05, 3.63) is 18.7 Å².